The van der Waals surface area contributed by atoms with Crippen molar-refractivity contribution in [2.45, 2.75) is 433 Å². The predicted octanol–water partition coefficient (Wildman–Crippen LogP) is 12.0. The molecule has 3 saturated heterocycles. The van der Waals surface area contributed by atoms with Gasteiger partial charge < -0.3 is 89.9 Å². The maximum Gasteiger partial charge on any atom is 0.220 e. The molecule has 3 rings (SSSR count). The first-order valence-electron chi connectivity index (χ1n) is 38.9. The topological polar surface area (TPSA) is 307 Å². The Bertz CT molecular complexity index is 1750. The highest BCUT2D eigenvalue weighted by Crippen LogP contribution is 2.33. The van der Waals surface area contributed by atoms with Crippen LogP contribution < -0.4 is 5.32 Å². The average molecular weight is 1350 g/mol. The first-order valence-corrected chi connectivity index (χ1v) is 38.9. The van der Waals surface area contributed by atoms with Crippen LogP contribution in [0.2, 0.25) is 0 Å². The molecule has 17 unspecified atom stereocenters. The van der Waals surface area contributed by atoms with Gasteiger partial charge in [0.25, 0.3) is 0 Å². The Morgan fingerprint density at radius 1 is 0.372 bits per heavy atom. The summed E-state index contributed by atoms with van der Waals surface area (Å²) in [6.45, 7) is 1.85. The van der Waals surface area contributed by atoms with Gasteiger partial charge in [0.1, 0.15) is 73.2 Å². The first-order chi connectivity index (χ1) is 45.8. The van der Waals surface area contributed by atoms with E-state index in [1.165, 1.54) is 250 Å². The van der Waals surface area contributed by atoms with Crippen molar-refractivity contribution in [3.05, 3.63) is 12.2 Å². The lowest BCUT2D eigenvalue weighted by atomic mass is 9.96. The number of aliphatic hydroxyl groups excluding tert-OH is 11. The molecule has 0 aromatic carbocycles. The van der Waals surface area contributed by atoms with Crippen LogP contribution in [-0.2, 0) is 33.2 Å². The summed E-state index contributed by atoms with van der Waals surface area (Å²) in [7, 11) is 0. The summed E-state index contributed by atoms with van der Waals surface area (Å²) in [5.74, 6) is -0.235. The number of carbonyl (C=O) groups excluding carboxylic acids is 1. The number of hydrogen-bond acceptors (Lipinski definition) is 18. The number of amides is 1. The maximum absolute atomic E-state index is 13.5. The Hall–Kier alpha value is -1.47. The number of allylic oxidation sites excluding steroid dienone is 2. The molecule has 94 heavy (non-hydrogen) atoms. The molecule has 3 aliphatic heterocycles. The largest absolute Gasteiger partial charge is 0.394 e. The highest BCUT2D eigenvalue weighted by Gasteiger charge is 2.54. The van der Waals surface area contributed by atoms with Crippen LogP contribution in [0.1, 0.15) is 328 Å². The van der Waals surface area contributed by atoms with E-state index in [1.807, 2.05) is 0 Å². The highest BCUT2D eigenvalue weighted by molar-refractivity contribution is 5.76. The summed E-state index contributed by atoms with van der Waals surface area (Å²) >= 11 is 0. The Morgan fingerprint density at radius 3 is 1.03 bits per heavy atom. The van der Waals surface area contributed by atoms with Crippen LogP contribution in [0.15, 0.2) is 12.2 Å². The van der Waals surface area contributed by atoms with Gasteiger partial charge in [-0.3, -0.25) is 4.79 Å². The molecule has 556 valence electrons. The number of carbonyl (C=O) groups is 1. The van der Waals surface area contributed by atoms with Gasteiger partial charge in [0.15, 0.2) is 18.9 Å². The molecule has 1 amide bonds. The number of hydrogen-bond donors (Lipinski definition) is 12. The summed E-state index contributed by atoms with van der Waals surface area (Å²) in [6, 6.07) is -0.884. The number of unbranched alkanes of at least 4 members (excludes halogenated alkanes) is 44. The van der Waals surface area contributed by atoms with Crippen molar-refractivity contribution in [3.8, 4) is 0 Å². The minimum atomic E-state index is -1.97. The smallest absolute Gasteiger partial charge is 0.220 e. The molecule has 19 nitrogen and oxygen atoms in total. The zero-order chi connectivity index (χ0) is 68.2. The SMILES string of the molecule is CCCCCCCCCC/C=C\CCCCCCCCCCCCCCCCCCCC(=O)NC(COC1OC(CO)C(OC2OC(CO)C(OC3OC(CO)C(O)C(O)C3O)C(O)C2O)C(O)C1O)C(O)CCCCCCCCCCCCCCCCCCCCCC. The lowest BCUT2D eigenvalue weighted by Gasteiger charge is -2.48. The molecule has 0 aromatic rings. The fraction of sp³-hybridized carbons (Fsp3) is 0.960. The van der Waals surface area contributed by atoms with Gasteiger partial charge in [-0.25, -0.2) is 0 Å². The monoisotopic (exact) mass is 1350 g/mol. The third-order valence-electron chi connectivity index (χ3n) is 19.8. The van der Waals surface area contributed by atoms with E-state index in [4.69, 9.17) is 28.4 Å². The van der Waals surface area contributed by atoms with E-state index >= 15 is 0 Å². The van der Waals surface area contributed by atoms with Gasteiger partial charge in [-0.05, 0) is 38.5 Å². The summed E-state index contributed by atoms with van der Waals surface area (Å²) in [5, 5.41) is 121. The van der Waals surface area contributed by atoms with Crippen LogP contribution in [0.4, 0.5) is 0 Å². The van der Waals surface area contributed by atoms with Crippen LogP contribution in [0.3, 0.4) is 0 Å². The molecular formula is C75H143NO18. The van der Waals surface area contributed by atoms with Gasteiger partial charge in [0.05, 0.1) is 38.6 Å². The van der Waals surface area contributed by atoms with Crippen LogP contribution in [-0.4, -0.2) is 193 Å². The van der Waals surface area contributed by atoms with Gasteiger partial charge in [-0.2, -0.15) is 0 Å². The first kappa shape index (κ1) is 86.8. The van der Waals surface area contributed by atoms with Crippen LogP contribution >= 0.6 is 0 Å². The second-order valence-electron chi connectivity index (χ2n) is 28.2. The average Bonchev–Trinajstić information content (AvgIpc) is 0.787. The molecule has 3 aliphatic rings. The fourth-order valence-corrected chi connectivity index (χ4v) is 13.5. The summed E-state index contributed by atoms with van der Waals surface area (Å²) in [5.41, 5.74) is 0. The maximum atomic E-state index is 13.5. The molecule has 0 spiro atoms. The molecule has 3 heterocycles. The minimum absolute atomic E-state index is 0.235. The van der Waals surface area contributed by atoms with E-state index in [2.05, 4.69) is 31.3 Å². The normalized spacial score (nSPS) is 27.4. The van der Waals surface area contributed by atoms with Crippen molar-refractivity contribution >= 4 is 5.91 Å². The van der Waals surface area contributed by atoms with Crippen LogP contribution in [0, 0.1) is 0 Å². The third-order valence-corrected chi connectivity index (χ3v) is 19.8. The van der Waals surface area contributed by atoms with E-state index in [1.54, 1.807) is 0 Å². The lowest BCUT2D eigenvalue weighted by molar-refractivity contribution is -0.379. The molecule has 0 bridgehead atoms. The van der Waals surface area contributed by atoms with Gasteiger partial charge in [-0.1, -0.05) is 296 Å². The minimum Gasteiger partial charge on any atom is -0.394 e. The van der Waals surface area contributed by atoms with Gasteiger partial charge >= 0.3 is 0 Å². The van der Waals surface area contributed by atoms with Gasteiger partial charge in [0.2, 0.25) is 5.91 Å². The molecule has 12 N–H and O–H groups in total. The Morgan fingerprint density at radius 2 is 0.670 bits per heavy atom. The van der Waals surface area contributed by atoms with E-state index < -0.39 is 124 Å². The molecule has 0 aliphatic carbocycles. The quantitative estimate of drug-likeness (QED) is 0.0199. The fourth-order valence-electron chi connectivity index (χ4n) is 13.5. The number of ether oxygens (including phenoxy) is 6. The molecule has 17 atom stereocenters. The van der Waals surface area contributed by atoms with Gasteiger partial charge in [-0.15, -0.1) is 0 Å². The van der Waals surface area contributed by atoms with Crippen LogP contribution in [0.5, 0.6) is 0 Å². The van der Waals surface area contributed by atoms with Crippen molar-refractivity contribution in [3.63, 3.8) is 0 Å². The summed E-state index contributed by atoms with van der Waals surface area (Å²) in [6.07, 6.45) is 38.7. The molecule has 0 saturated carbocycles. The van der Waals surface area contributed by atoms with E-state index in [0.717, 1.165) is 44.9 Å². The van der Waals surface area contributed by atoms with E-state index in [9.17, 15) is 61.0 Å². The van der Waals surface area contributed by atoms with Crippen molar-refractivity contribution in [2.75, 3.05) is 26.4 Å². The zero-order valence-corrected chi connectivity index (χ0v) is 59.2. The Labute approximate surface area is 569 Å². The Kier molecular flexibility index (Phi) is 52.8. The van der Waals surface area contributed by atoms with E-state index in [-0.39, 0.29) is 18.9 Å². The van der Waals surface area contributed by atoms with Crippen LogP contribution in [0.25, 0.3) is 0 Å². The lowest BCUT2D eigenvalue weighted by Crippen LogP contribution is -2.66. The van der Waals surface area contributed by atoms with Gasteiger partial charge in [0, 0.05) is 6.42 Å². The third kappa shape index (κ3) is 37.8. The second kappa shape index (κ2) is 57.2. The molecular weight excluding hydrogens is 1200 g/mol. The predicted molar refractivity (Wildman–Crippen MR) is 370 cm³/mol. The number of nitrogens with one attached hydrogen (secondary N) is 1. The van der Waals surface area contributed by atoms with E-state index in [0.29, 0.717) is 12.8 Å². The van der Waals surface area contributed by atoms with Crippen molar-refractivity contribution in [1.82, 2.24) is 5.32 Å². The highest BCUT2D eigenvalue weighted by atomic mass is 16.8. The number of aliphatic hydroxyl groups is 11. The zero-order valence-electron chi connectivity index (χ0n) is 59.2. The van der Waals surface area contributed by atoms with Crippen molar-refractivity contribution in [2.24, 2.45) is 0 Å². The standard InChI is InChI=1S/C75H143NO18/c1-3-5-7-9-11-13-15-17-19-21-23-25-26-27-28-29-30-31-32-33-35-37-39-41-43-45-47-49-51-53-63(81)76-58(59(80)52-50-48-46-44-42-40-38-36-34-24-22-20-18-16-14-12-10-8-6-4-2)57-89-73-69(87)66(84)71(61(55-78)91-73)94-75-70(88)67(85)72(62(56-79)92-75)93-74-68(86)65(83)64(82)60(54-77)90-74/h21,23,58-62,64-75,77-80,82-88H,3-20,22,24-57H2,1-2H3,(H,76,81)/b23-21-. The molecule has 3 fully saturated rings. The summed E-state index contributed by atoms with van der Waals surface area (Å²) < 4.78 is 34.5. The molecule has 0 radical (unpaired) electrons. The second-order valence-corrected chi connectivity index (χ2v) is 28.2. The van der Waals surface area contributed by atoms with Crippen molar-refractivity contribution < 1.29 is 89.4 Å². The molecule has 0 aromatic heterocycles. The van der Waals surface area contributed by atoms with Crippen molar-refractivity contribution in [1.29, 1.82) is 0 Å². The molecule has 19 heteroatoms. The Balaban J connectivity index is 1.37. The summed E-state index contributed by atoms with van der Waals surface area (Å²) in [4.78, 5) is 13.5. The number of rotatable bonds is 62.